The van der Waals surface area contributed by atoms with Gasteiger partial charge in [0, 0.05) is 25.8 Å². The summed E-state index contributed by atoms with van der Waals surface area (Å²) >= 11 is 0. The summed E-state index contributed by atoms with van der Waals surface area (Å²) in [5.74, 6) is -0.0599. The van der Waals surface area contributed by atoms with Gasteiger partial charge in [-0.1, -0.05) is 29.4 Å². The van der Waals surface area contributed by atoms with Crippen molar-refractivity contribution in [3.63, 3.8) is 0 Å². The number of rotatable bonds is 8. The molecule has 0 saturated heterocycles. The smallest absolute Gasteiger partial charge is 0.234 e. The SMILES string of the molecule is COCCNC(=O)CNCc1ccccc1/C(N)=N/O. The Bertz CT molecular complexity index is 463. The fraction of sp³-hybridized carbons (Fsp3) is 0.385. The Balaban J connectivity index is 2.44. The van der Waals surface area contributed by atoms with E-state index in [0.717, 1.165) is 5.56 Å². The monoisotopic (exact) mass is 280 g/mol. The molecular weight excluding hydrogens is 260 g/mol. The summed E-state index contributed by atoms with van der Waals surface area (Å²) in [5, 5.41) is 17.4. The van der Waals surface area contributed by atoms with Crippen molar-refractivity contribution in [3.8, 4) is 0 Å². The zero-order valence-corrected chi connectivity index (χ0v) is 11.4. The van der Waals surface area contributed by atoms with Gasteiger partial charge in [-0.15, -0.1) is 0 Å². The van der Waals surface area contributed by atoms with Crippen LogP contribution in [0.2, 0.25) is 0 Å². The zero-order valence-electron chi connectivity index (χ0n) is 11.4. The number of carbonyl (C=O) groups excluding carboxylic acids is 1. The fourth-order valence-corrected chi connectivity index (χ4v) is 1.64. The van der Waals surface area contributed by atoms with Crippen molar-refractivity contribution in [1.29, 1.82) is 0 Å². The van der Waals surface area contributed by atoms with E-state index in [1.807, 2.05) is 12.1 Å². The molecule has 0 aliphatic rings. The molecule has 0 aliphatic heterocycles. The molecule has 0 unspecified atom stereocenters. The third-order valence-electron chi connectivity index (χ3n) is 2.63. The minimum atomic E-state index is -0.108. The number of nitrogens with two attached hydrogens (primary N) is 1. The van der Waals surface area contributed by atoms with Crippen molar-refractivity contribution in [1.82, 2.24) is 10.6 Å². The minimum Gasteiger partial charge on any atom is -0.409 e. The lowest BCUT2D eigenvalue weighted by molar-refractivity contribution is -0.120. The first kappa shape index (κ1) is 15.9. The number of carbonyl (C=O) groups is 1. The van der Waals surface area contributed by atoms with Crippen molar-refractivity contribution < 1.29 is 14.7 Å². The van der Waals surface area contributed by atoms with E-state index in [4.69, 9.17) is 15.7 Å². The highest BCUT2D eigenvalue weighted by Gasteiger charge is 2.06. The molecule has 7 nitrogen and oxygen atoms in total. The Hall–Kier alpha value is -2.12. The number of hydrogen-bond donors (Lipinski definition) is 4. The maximum Gasteiger partial charge on any atom is 0.234 e. The number of methoxy groups -OCH3 is 1. The van der Waals surface area contributed by atoms with E-state index in [1.165, 1.54) is 0 Å². The number of nitrogens with zero attached hydrogens (tertiary/aromatic N) is 1. The Morgan fingerprint density at radius 3 is 2.90 bits per heavy atom. The van der Waals surface area contributed by atoms with Crippen LogP contribution in [0.5, 0.6) is 0 Å². The number of nitrogens with one attached hydrogen (secondary N) is 2. The molecule has 7 heteroatoms. The summed E-state index contributed by atoms with van der Waals surface area (Å²) < 4.78 is 4.83. The van der Waals surface area contributed by atoms with Crippen LogP contribution in [0.25, 0.3) is 0 Å². The van der Waals surface area contributed by atoms with Crippen LogP contribution in [0.3, 0.4) is 0 Å². The van der Waals surface area contributed by atoms with E-state index in [1.54, 1.807) is 19.2 Å². The highest BCUT2D eigenvalue weighted by molar-refractivity contribution is 5.98. The molecule has 0 fully saturated rings. The van der Waals surface area contributed by atoms with Crippen molar-refractivity contribution in [2.75, 3.05) is 26.8 Å². The topological polar surface area (TPSA) is 109 Å². The quantitative estimate of drug-likeness (QED) is 0.171. The van der Waals surface area contributed by atoms with Crippen LogP contribution in [0.15, 0.2) is 29.4 Å². The lowest BCUT2D eigenvalue weighted by Crippen LogP contribution is -2.35. The summed E-state index contributed by atoms with van der Waals surface area (Å²) in [4.78, 5) is 11.5. The fourth-order valence-electron chi connectivity index (χ4n) is 1.64. The molecule has 5 N–H and O–H groups in total. The van der Waals surface area contributed by atoms with E-state index < -0.39 is 0 Å². The second kappa shape index (κ2) is 8.89. The largest absolute Gasteiger partial charge is 0.409 e. The average molecular weight is 280 g/mol. The molecule has 20 heavy (non-hydrogen) atoms. The van der Waals surface area contributed by atoms with Crippen molar-refractivity contribution >= 4 is 11.7 Å². The third-order valence-corrected chi connectivity index (χ3v) is 2.63. The molecule has 1 amide bonds. The summed E-state index contributed by atoms with van der Waals surface area (Å²) in [6.07, 6.45) is 0. The molecule has 1 rings (SSSR count). The third kappa shape index (κ3) is 5.25. The van der Waals surface area contributed by atoms with Gasteiger partial charge in [0.2, 0.25) is 5.91 Å². The minimum absolute atomic E-state index is 0.0481. The van der Waals surface area contributed by atoms with Crippen LogP contribution in [-0.4, -0.2) is 43.8 Å². The molecule has 0 spiro atoms. The lowest BCUT2D eigenvalue weighted by atomic mass is 10.1. The normalized spacial score (nSPS) is 11.3. The van der Waals surface area contributed by atoms with Crippen LogP contribution < -0.4 is 16.4 Å². The van der Waals surface area contributed by atoms with Crippen molar-refractivity contribution in [2.24, 2.45) is 10.9 Å². The first-order chi connectivity index (χ1) is 9.69. The number of benzene rings is 1. The molecule has 0 aliphatic carbocycles. The van der Waals surface area contributed by atoms with Crippen LogP contribution in [0.1, 0.15) is 11.1 Å². The van der Waals surface area contributed by atoms with Crippen molar-refractivity contribution in [3.05, 3.63) is 35.4 Å². The highest BCUT2D eigenvalue weighted by Crippen LogP contribution is 2.07. The number of amides is 1. The van der Waals surface area contributed by atoms with Gasteiger partial charge in [0.05, 0.1) is 13.2 Å². The standard InChI is InChI=1S/C13H20N4O3/c1-20-7-6-16-12(18)9-15-8-10-4-2-3-5-11(10)13(14)17-19/h2-5,15,19H,6-9H2,1H3,(H2,14,17)(H,16,18). The molecule has 0 radical (unpaired) electrons. The second-order valence-corrected chi connectivity index (χ2v) is 4.09. The summed E-state index contributed by atoms with van der Waals surface area (Å²) in [5.41, 5.74) is 7.08. The second-order valence-electron chi connectivity index (χ2n) is 4.09. The lowest BCUT2D eigenvalue weighted by Gasteiger charge is -2.09. The summed E-state index contributed by atoms with van der Waals surface area (Å²) in [7, 11) is 1.58. The number of oxime groups is 1. The van der Waals surface area contributed by atoms with Gasteiger partial charge in [-0.3, -0.25) is 4.79 Å². The Labute approximate surface area is 117 Å². The summed E-state index contributed by atoms with van der Waals surface area (Å²) in [6, 6.07) is 7.26. The van der Waals surface area contributed by atoms with Gasteiger partial charge in [-0.2, -0.15) is 0 Å². The summed E-state index contributed by atoms with van der Waals surface area (Å²) in [6.45, 7) is 1.61. The van der Waals surface area contributed by atoms with Gasteiger partial charge in [-0.25, -0.2) is 0 Å². The highest BCUT2D eigenvalue weighted by atomic mass is 16.5. The number of amidine groups is 1. The van der Waals surface area contributed by atoms with Crippen LogP contribution in [-0.2, 0) is 16.1 Å². The van der Waals surface area contributed by atoms with Crippen LogP contribution >= 0.6 is 0 Å². The van der Waals surface area contributed by atoms with Gasteiger partial charge in [0.15, 0.2) is 5.84 Å². The molecule has 1 aromatic rings. The van der Waals surface area contributed by atoms with E-state index in [9.17, 15) is 4.79 Å². The van der Waals surface area contributed by atoms with Gasteiger partial charge in [-0.05, 0) is 5.56 Å². The van der Waals surface area contributed by atoms with Crippen LogP contribution in [0.4, 0.5) is 0 Å². The predicted octanol–water partition coefficient (Wildman–Crippen LogP) is -0.367. The molecule has 0 atom stereocenters. The Morgan fingerprint density at radius 2 is 2.20 bits per heavy atom. The van der Waals surface area contributed by atoms with E-state index in [0.29, 0.717) is 25.3 Å². The maximum atomic E-state index is 11.5. The molecular formula is C13H20N4O3. The van der Waals surface area contributed by atoms with Gasteiger partial charge in [0.25, 0.3) is 0 Å². The maximum absolute atomic E-state index is 11.5. The molecule has 0 bridgehead atoms. The van der Waals surface area contributed by atoms with E-state index in [2.05, 4.69) is 15.8 Å². The number of hydrogen-bond acceptors (Lipinski definition) is 5. The average Bonchev–Trinajstić information content (AvgIpc) is 2.47. The molecule has 0 saturated carbocycles. The van der Waals surface area contributed by atoms with Gasteiger partial charge < -0.3 is 26.3 Å². The van der Waals surface area contributed by atoms with Gasteiger partial charge in [0.1, 0.15) is 0 Å². The molecule has 0 heterocycles. The van der Waals surface area contributed by atoms with E-state index in [-0.39, 0.29) is 18.3 Å². The Morgan fingerprint density at radius 1 is 1.45 bits per heavy atom. The zero-order chi connectivity index (χ0) is 14.8. The number of ether oxygens (including phenoxy) is 1. The first-order valence-corrected chi connectivity index (χ1v) is 6.21. The molecule has 1 aromatic carbocycles. The molecule has 0 aromatic heterocycles. The van der Waals surface area contributed by atoms with E-state index >= 15 is 0 Å². The first-order valence-electron chi connectivity index (χ1n) is 6.21. The molecule has 110 valence electrons. The van der Waals surface area contributed by atoms with Crippen LogP contribution in [0, 0.1) is 0 Å². The van der Waals surface area contributed by atoms with Gasteiger partial charge >= 0.3 is 0 Å². The Kier molecular flexibility index (Phi) is 7.08. The van der Waals surface area contributed by atoms with Crippen molar-refractivity contribution in [2.45, 2.75) is 6.54 Å². The predicted molar refractivity (Wildman–Crippen MR) is 75.5 cm³/mol.